The number of hydrogen-bond donors (Lipinski definition) is 1. The maximum atomic E-state index is 13.5. The van der Waals surface area contributed by atoms with Gasteiger partial charge in [-0.15, -0.1) is 0 Å². The lowest BCUT2D eigenvalue weighted by molar-refractivity contribution is 0.546. The highest BCUT2D eigenvalue weighted by atomic mass is 35.5. The molecule has 20 heavy (non-hydrogen) atoms. The molecular formula is C16H18ClFN2. The summed E-state index contributed by atoms with van der Waals surface area (Å²) in [6.07, 6.45) is 2.44. The van der Waals surface area contributed by atoms with E-state index in [0.717, 1.165) is 23.4 Å². The van der Waals surface area contributed by atoms with Gasteiger partial charge in [-0.25, -0.2) is 4.39 Å². The van der Waals surface area contributed by atoms with E-state index in [1.54, 1.807) is 12.3 Å². The van der Waals surface area contributed by atoms with Crippen molar-refractivity contribution >= 4 is 11.6 Å². The standard InChI is InChI=1S/C16H18ClFN2/c1-3-19-15(12-7-8-20-11(2)9-12)10-13-5-4-6-14(18)16(13)17/h4-9,15,19H,3,10H2,1-2H3. The van der Waals surface area contributed by atoms with E-state index < -0.39 is 0 Å². The number of likely N-dealkylation sites (N-methyl/N-ethyl adjacent to an activating group) is 1. The molecule has 0 radical (unpaired) electrons. The zero-order valence-corrected chi connectivity index (χ0v) is 12.4. The fourth-order valence-electron chi connectivity index (χ4n) is 2.26. The molecular weight excluding hydrogens is 275 g/mol. The maximum absolute atomic E-state index is 13.5. The van der Waals surface area contributed by atoms with Crippen LogP contribution in [0.2, 0.25) is 5.02 Å². The van der Waals surface area contributed by atoms with Crippen molar-refractivity contribution in [3.8, 4) is 0 Å². The molecule has 0 saturated heterocycles. The molecule has 2 nitrogen and oxygen atoms in total. The van der Waals surface area contributed by atoms with Crippen LogP contribution in [0.15, 0.2) is 36.5 Å². The van der Waals surface area contributed by atoms with Crippen LogP contribution in [0.4, 0.5) is 4.39 Å². The summed E-state index contributed by atoms with van der Waals surface area (Å²) < 4.78 is 13.5. The van der Waals surface area contributed by atoms with Crippen LogP contribution in [-0.4, -0.2) is 11.5 Å². The Morgan fingerprint density at radius 2 is 2.15 bits per heavy atom. The van der Waals surface area contributed by atoms with Crippen LogP contribution in [0.3, 0.4) is 0 Å². The van der Waals surface area contributed by atoms with Gasteiger partial charge in [-0.05, 0) is 49.2 Å². The van der Waals surface area contributed by atoms with Crippen LogP contribution in [-0.2, 0) is 6.42 Å². The first-order valence-electron chi connectivity index (χ1n) is 6.70. The van der Waals surface area contributed by atoms with Crippen molar-refractivity contribution in [2.75, 3.05) is 6.54 Å². The summed E-state index contributed by atoms with van der Waals surface area (Å²) in [7, 11) is 0. The summed E-state index contributed by atoms with van der Waals surface area (Å²) in [4.78, 5) is 4.21. The third-order valence-electron chi connectivity index (χ3n) is 3.23. The lowest BCUT2D eigenvalue weighted by atomic mass is 9.99. The maximum Gasteiger partial charge on any atom is 0.142 e. The van der Waals surface area contributed by atoms with Gasteiger partial charge in [0.1, 0.15) is 5.82 Å². The fourth-order valence-corrected chi connectivity index (χ4v) is 2.47. The smallest absolute Gasteiger partial charge is 0.142 e. The zero-order valence-electron chi connectivity index (χ0n) is 11.7. The summed E-state index contributed by atoms with van der Waals surface area (Å²) in [5.41, 5.74) is 2.92. The Morgan fingerprint density at radius 3 is 2.85 bits per heavy atom. The van der Waals surface area contributed by atoms with Crippen LogP contribution in [0.5, 0.6) is 0 Å². The van der Waals surface area contributed by atoms with Gasteiger partial charge in [-0.1, -0.05) is 30.7 Å². The predicted octanol–water partition coefficient (Wildman–Crippen LogP) is 4.08. The second-order valence-corrected chi connectivity index (χ2v) is 5.14. The molecule has 0 aliphatic heterocycles. The van der Waals surface area contributed by atoms with Gasteiger partial charge in [0.25, 0.3) is 0 Å². The molecule has 2 aromatic rings. The molecule has 0 saturated carbocycles. The van der Waals surface area contributed by atoms with E-state index in [1.165, 1.54) is 6.07 Å². The van der Waals surface area contributed by atoms with Gasteiger partial charge in [0.05, 0.1) is 5.02 Å². The Balaban J connectivity index is 2.28. The summed E-state index contributed by atoms with van der Waals surface area (Å²) >= 11 is 6.04. The molecule has 0 amide bonds. The highest BCUT2D eigenvalue weighted by molar-refractivity contribution is 6.31. The lowest BCUT2D eigenvalue weighted by Gasteiger charge is -2.19. The minimum absolute atomic E-state index is 0.0981. The van der Waals surface area contributed by atoms with Gasteiger partial charge >= 0.3 is 0 Å². The Hall–Kier alpha value is -1.45. The molecule has 1 heterocycles. The van der Waals surface area contributed by atoms with E-state index in [2.05, 4.69) is 10.3 Å². The number of aryl methyl sites for hydroxylation is 1. The Labute approximate surface area is 124 Å². The normalized spacial score (nSPS) is 12.4. The van der Waals surface area contributed by atoms with Crippen molar-refractivity contribution in [1.82, 2.24) is 10.3 Å². The number of nitrogens with zero attached hydrogens (tertiary/aromatic N) is 1. The molecule has 1 aromatic heterocycles. The van der Waals surface area contributed by atoms with E-state index in [-0.39, 0.29) is 16.9 Å². The largest absolute Gasteiger partial charge is 0.310 e. The molecule has 2 rings (SSSR count). The highest BCUT2D eigenvalue weighted by Gasteiger charge is 2.15. The number of aromatic nitrogens is 1. The molecule has 0 bridgehead atoms. The van der Waals surface area contributed by atoms with Gasteiger partial charge in [0.2, 0.25) is 0 Å². The van der Waals surface area contributed by atoms with Gasteiger partial charge < -0.3 is 5.32 Å². The van der Waals surface area contributed by atoms with Crippen LogP contribution in [0.25, 0.3) is 0 Å². The van der Waals surface area contributed by atoms with Crippen molar-refractivity contribution in [2.24, 2.45) is 0 Å². The highest BCUT2D eigenvalue weighted by Crippen LogP contribution is 2.25. The topological polar surface area (TPSA) is 24.9 Å². The summed E-state index contributed by atoms with van der Waals surface area (Å²) in [6.45, 7) is 4.84. The summed E-state index contributed by atoms with van der Waals surface area (Å²) in [5.74, 6) is -0.370. The van der Waals surface area contributed by atoms with Gasteiger partial charge in [0.15, 0.2) is 0 Å². The molecule has 0 fully saturated rings. The van der Waals surface area contributed by atoms with Crippen molar-refractivity contribution in [1.29, 1.82) is 0 Å². The van der Waals surface area contributed by atoms with E-state index in [9.17, 15) is 4.39 Å². The molecule has 1 aromatic carbocycles. The monoisotopic (exact) mass is 292 g/mol. The molecule has 4 heteroatoms. The quantitative estimate of drug-likeness (QED) is 0.898. The third kappa shape index (κ3) is 3.56. The number of pyridine rings is 1. The van der Waals surface area contributed by atoms with Crippen molar-refractivity contribution < 1.29 is 4.39 Å². The first-order chi connectivity index (χ1) is 9.61. The van der Waals surface area contributed by atoms with Crippen molar-refractivity contribution in [3.05, 3.63) is 64.2 Å². The molecule has 106 valence electrons. The van der Waals surface area contributed by atoms with Crippen LogP contribution in [0.1, 0.15) is 29.8 Å². The van der Waals surface area contributed by atoms with E-state index in [0.29, 0.717) is 6.42 Å². The predicted molar refractivity (Wildman–Crippen MR) is 80.5 cm³/mol. The van der Waals surface area contributed by atoms with E-state index in [4.69, 9.17) is 11.6 Å². The van der Waals surface area contributed by atoms with Crippen LogP contribution >= 0.6 is 11.6 Å². The molecule has 1 atom stereocenters. The molecule has 0 aliphatic rings. The minimum Gasteiger partial charge on any atom is -0.310 e. The average molecular weight is 293 g/mol. The van der Waals surface area contributed by atoms with E-state index >= 15 is 0 Å². The summed E-state index contributed by atoms with van der Waals surface area (Å²) in [5, 5.41) is 3.62. The molecule has 1 unspecified atom stereocenters. The zero-order chi connectivity index (χ0) is 14.5. The SMILES string of the molecule is CCNC(Cc1cccc(F)c1Cl)c1ccnc(C)c1. The fraction of sp³-hybridized carbons (Fsp3) is 0.312. The Morgan fingerprint density at radius 1 is 1.35 bits per heavy atom. The van der Waals surface area contributed by atoms with Crippen LogP contribution < -0.4 is 5.32 Å². The number of nitrogens with one attached hydrogen (secondary N) is 1. The minimum atomic E-state index is -0.370. The van der Waals surface area contributed by atoms with Gasteiger partial charge in [0, 0.05) is 17.9 Å². The summed E-state index contributed by atoms with van der Waals surface area (Å²) in [6, 6.07) is 9.06. The molecule has 0 aliphatic carbocycles. The number of halogens is 2. The Bertz CT molecular complexity index is 586. The molecule has 0 spiro atoms. The lowest BCUT2D eigenvalue weighted by Crippen LogP contribution is -2.23. The number of hydrogen-bond acceptors (Lipinski definition) is 2. The average Bonchev–Trinajstić information content (AvgIpc) is 2.43. The van der Waals surface area contributed by atoms with Gasteiger partial charge in [-0.3, -0.25) is 4.98 Å². The van der Waals surface area contributed by atoms with Crippen molar-refractivity contribution in [3.63, 3.8) is 0 Å². The third-order valence-corrected chi connectivity index (χ3v) is 3.65. The first kappa shape index (κ1) is 14.9. The van der Waals surface area contributed by atoms with Crippen molar-refractivity contribution in [2.45, 2.75) is 26.3 Å². The molecule has 1 N–H and O–H groups in total. The van der Waals surface area contributed by atoms with Gasteiger partial charge in [-0.2, -0.15) is 0 Å². The second-order valence-electron chi connectivity index (χ2n) is 4.76. The Kier molecular flexibility index (Phi) is 5.10. The number of rotatable bonds is 5. The number of benzene rings is 1. The van der Waals surface area contributed by atoms with E-state index in [1.807, 2.05) is 32.0 Å². The first-order valence-corrected chi connectivity index (χ1v) is 7.08. The second kappa shape index (κ2) is 6.82. The van der Waals surface area contributed by atoms with Crippen LogP contribution in [0, 0.1) is 12.7 Å².